The summed E-state index contributed by atoms with van der Waals surface area (Å²) in [6.45, 7) is 26.4. The fourth-order valence-electron chi connectivity index (χ4n) is 7.57. The first-order valence-corrected chi connectivity index (χ1v) is 21.4. The van der Waals surface area contributed by atoms with Crippen molar-refractivity contribution in [2.24, 2.45) is 23.7 Å². The molecular weight excluding hydrogens is 749 g/mol. The van der Waals surface area contributed by atoms with Crippen LogP contribution in [0.5, 0.6) is 0 Å². The Bertz CT molecular complexity index is 1610. The van der Waals surface area contributed by atoms with E-state index in [2.05, 4.69) is 28.8 Å². The molecule has 2 N–H and O–H groups in total. The van der Waals surface area contributed by atoms with Crippen LogP contribution in [0.1, 0.15) is 113 Å². The summed E-state index contributed by atoms with van der Waals surface area (Å²) in [5.74, 6) is -1.37. The van der Waals surface area contributed by atoms with Crippen LogP contribution in [-0.2, 0) is 47.9 Å². The first-order valence-electron chi connectivity index (χ1n) is 21.4. The largest absolute Gasteiger partial charge is 0.460 e. The Hall–Kier alpha value is -4.32. The highest BCUT2D eigenvalue weighted by Gasteiger charge is 2.40. The molecule has 2 amide bonds. The average Bonchev–Trinajstić information content (AvgIpc) is 3.78. The molecule has 4 atom stereocenters. The van der Waals surface area contributed by atoms with E-state index in [1.165, 1.54) is 0 Å². The number of carbonyl (C=O) groups excluding carboxylic acids is 4. The van der Waals surface area contributed by atoms with Gasteiger partial charge in [0.05, 0.1) is 11.8 Å². The maximum Gasteiger partial charge on any atom is 0.410 e. The standard InChI is InChI=1S/C47H72N4O8/c1-44(2,3)56-40(52)38(35-19-23-50(30-35)42(54)58-46(7,8)9)27-32-15-13-17-34(25-32)29-48-21-22-49-37-18-14-16-33(26-37)28-39(41(53)57-45(4,5)6)36-20-24-51(31-36)43(55)59-47(10,11)12/h13-18,25-26,35-36,38-39,48-49H,19-24,27-31H2,1-12H3/t35-,36-,38-,39-/m0/s1. The number of nitrogens with one attached hydrogen (secondary N) is 2. The zero-order valence-corrected chi connectivity index (χ0v) is 37.9. The van der Waals surface area contributed by atoms with Gasteiger partial charge in [-0.05, 0) is 149 Å². The second-order valence-electron chi connectivity index (χ2n) is 20.3. The SMILES string of the molecule is CC(C)(C)OC(=O)[C@@H](Cc1cccc(CNCCNc2cccc(C[C@H](C(=O)OC(C)(C)C)[C@H]3CCN(C(=O)OC(C)(C)C)C3)c2)c1)[C@H]1CCN(C(=O)OC(C)(C)C)C1. The Morgan fingerprint density at radius 3 is 1.47 bits per heavy atom. The molecule has 0 radical (unpaired) electrons. The van der Waals surface area contributed by atoms with Crippen molar-refractivity contribution in [1.29, 1.82) is 0 Å². The minimum atomic E-state index is -0.623. The number of anilines is 1. The lowest BCUT2D eigenvalue weighted by molar-refractivity contribution is -0.163. The van der Waals surface area contributed by atoms with Gasteiger partial charge in [0.15, 0.2) is 0 Å². The molecule has 328 valence electrons. The molecule has 2 aliphatic rings. The van der Waals surface area contributed by atoms with Crippen molar-refractivity contribution in [3.05, 3.63) is 65.2 Å². The van der Waals surface area contributed by atoms with Crippen LogP contribution in [0, 0.1) is 23.7 Å². The number of hydrogen-bond acceptors (Lipinski definition) is 10. The van der Waals surface area contributed by atoms with Gasteiger partial charge in [-0.25, -0.2) is 9.59 Å². The van der Waals surface area contributed by atoms with Crippen LogP contribution in [0.3, 0.4) is 0 Å². The van der Waals surface area contributed by atoms with E-state index in [9.17, 15) is 19.2 Å². The maximum absolute atomic E-state index is 13.6. The lowest BCUT2D eigenvalue weighted by Gasteiger charge is -2.28. The third-order valence-electron chi connectivity index (χ3n) is 10.1. The summed E-state index contributed by atoms with van der Waals surface area (Å²) in [5.41, 5.74) is 1.72. The van der Waals surface area contributed by atoms with Gasteiger partial charge < -0.3 is 39.4 Å². The van der Waals surface area contributed by atoms with Crippen LogP contribution < -0.4 is 10.6 Å². The third kappa shape index (κ3) is 16.3. The monoisotopic (exact) mass is 821 g/mol. The highest BCUT2D eigenvalue weighted by Crippen LogP contribution is 2.33. The van der Waals surface area contributed by atoms with Crippen molar-refractivity contribution in [2.45, 2.75) is 138 Å². The zero-order chi connectivity index (χ0) is 43.8. The molecule has 2 fully saturated rings. The Morgan fingerprint density at radius 2 is 1.02 bits per heavy atom. The Kier molecular flexibility index (Phi) is 15.9. The molecule has 0 aliphatic carbocycles. The quantitative estimate of drug-likeness (QED) is 0.109. The van der Waals surface area contributed by atoms with Crippen LogP contribution >= 0.6 is 0 Å². The molecule has 2 aromatic carbocycles. The molecule has 12 heteroatoms. The number of nitrogens with zero attached hydrogens (tertiary/aromatic N) is 2. The van der Waals surface area contributed by atoms with Crippen LogP contribution in [0.15, 0.2) is 48.5 Å². The lowest BCUT2D eigenvalue weighted by atomic mass is 9.85. The van der Waals surface area contributed by atoms with Crippen molar-refractivity contribution in [1.82, 2.24) is 15.1 Å². The first-order chi connectivity index (χ1) is 27.3. The minimum Gasteiger partial charge on any atom is -0.460 e. The van der Waals surface area contributed by atoms with Gasteiger partial charge in [0.1, 0.15) is 22.4 Å². The number of ether oxygens (including phenoxy) is 4. The van der Waals surface area contributed by atoms with Gasteiger partial charge in [0, 0.05) is 51.5 Å². The van der Waals surface area contributed by atoms with Crippen LogP contribution in [-0.4, -0.2) is 95.6 Å². The number of likely N-dealkylation sites (tertiary alicyclic amines) is 2. The number of benzene rings is 2. The number of hydrogen-bond donors (Lipinski definition) is 2. The van der Waals surface area contributed by atoms with Gasteiger partial charge in [-0.2, -0.15) is 0 Å². The average molecular weight is 821 g/mol. The summed E-state index contributed by atoms with van der Waals surface area (Å²) in [4.78, 5) is 56.2. The molecular formula is C47H72N4O8. The number of rotatable bonds is 14. The van der Waals surface area contributed by atoms with Gasteiger partial charge in [-0.3, -0.25) is 9.59 Å². The molecule has 0 aromatic heterocycles. The second kappa shape index (κ2) is 19.8. The fourth-order valence-corrected chi connectivity index (χ4v) is 7.57. The molecule has 0 unspecified atom stereocenters. The van der Waals surface area contributed by atoms with E-state index in [-0.39, 0.29) is 36.0 Å². The van der Waals surface area contributed by atoms with Crippen molar-refractivity contribution < 1.29 is 38.1 Å². The third-order valence-corrected chi connectivity index (χ3v) is 10.1. The van der Waals surface area contributed by atoms with Crippen molar-refractivity contribution in [2.75, 3.05) is 44.6 Å². The molecule has 12 nitrogen and oxygen atoms in total. The molecule has 0 bridgehead atoms. The summed E-state index contributed by atoms with van der Waals surface area (Å²) in [6, 6.07) is 16.4. The molecule has 2 saturated heterocycles. The normalized spacial score (nSPS) is 18.6. The lowest BCUT2D eigenvalue weighted by Crippen LogP contribution is -2.38. The molecule has 2 heterocycles. The van der Waals surface area contributed by atoms with E-state index in [0.29, 0.717) is 71.5 Å². The molecule has 4 rings (SSSR count). The van der Waals surface area contributed by atoms with Gasteiger partial charge in [0.25, 0.3) is 0 Å². The fraction of sp³-hybridized carbons (Fsp3) is 0.660. The second-order valence-corrected chi connectivity index (χ2v) is 20.3. The van der Waals surface area contributed by atoms with E-state index in [1.807, 2.05) is 113 Å². The van der Waals surface area contributed by atoms with Crippen LogP contribution in [0.2, 0.25) is 0 Å². The highest BCUT2D eigenvalue weighted by atomic mass is 16.6. The summed E-state index contributed by atoms with van der Waals surface area (Å²) in [5, 5.41) is 7.04. The smallest absolute Gasteiger partial charge is 0.410 e. The topological polar surface area (TPSA) is 136 Å². The zero-order valence-electron chi connectivity index (χ0n) is 37.9. The number of carbonyl (C=O) groups is 4. The molecule has 0 saturated carbocycles. The summed E-state index contributed by atoms with van der Waals surface area (Å²) < 4.78 is 23.0. The summed E-state index contributed by atoms with van der Waals surface area (Å²) in [7, 11) is 0. The van der Waals surface area contributed by atoms with E-state index in [1.54, 1.807) is 9.80 Å². The van der Waals surface area contributed by atoms with E-state index >= 15 is 0 Å². The van der Waals surface area contributed by atoms with E-state index in [0.717, 1.165) is 22.4 Å². The first kappa shape index (κ1) is 47.4. The predicted molar refractivity (Wildman–Crippen MR) is 231 cm³/mol. The molecule has 2 aromatic rings. The van der Waals surface area contributed by atoms with Gasteiger partial charge >= 0.3 is 24.1 Å². The number of amides is 2. The molecule has 59 heavy (non-hydrogen) atoms. The Labute approximate surface area is 353 Å². The summed E-state index contributed by atoms with van der Waals surface area (Å²) >= 11 is 0. The number of esters is 2. The van der Waals surface area contributed by atoms with Crippen LogP contribution in [0.25, 0.3) is 0 Å². The van der Waals surface area contributed by atoms with E-state index < -0.39 is 34.2 Å². The van der Waals surface area contributed by atoms with Crippen LogP contribution in [0.4, 0.5) is 15.3 Å². The predicted octanol–water partition coefficient (Wildman–Crippen LogP) is 8.40. The maximum atomic E-state index is 13.6. The Balaban J connectivity index is 1.32. The Morgan fingerprint density at radius 1 is 0.593 bits per heavy atom. The van der Waals surface area contributed by atoms with Gasteiger partial charge in [-0.15, -0.1) is 0 Å². The highest BCUT2D eigenvalue weighted by molar-refractivity contribution is 5.75. The van der Waals surface area contributed by atoms with Gasteiger partial charge in [0.2, 0.25) is 0 Å². The van der Waals surface area contributed by atoms with Crippen molar-refractivity contribution in [3.63, 3.8) is 0 Å². The van der Waals surface area contributed by atoms with E-state index in [4.69, 9.17) is 18.9 Å². The van der Waals surface area contributed by atoms with Crippen molar-refractivity contribution in [3.8, 4) is 0 Å². The summed E-state index contributed by atoms with van der Waals surface area (Å²) in [6.07, 6.45) is 1.73. The molecule has 0 spiro atoms. The van der Waals surface area contributed by atoms with Gasteiger partial charge in [-0.1, -0.05) is 36.4 Å². The van der Waals surface area contributed by atoms with Crippen molar-refractivity contribution >= 4 is 29.8 Å². The molecule has 2 aliphatic heterocycles. The minimum absolute atomic E-state index is 0.0378.